The van der Waals surface area contributed by atoms with E-state index in [1.54, 1.807) is 26.1 Å². The van der Waals surface area contributed by atoms with Crippen molar-refractivity contribution in [2.24, 2.45) is 0 Å². The molecule has 0 fully saturated rings. The second-order valence-electron chi connectivity index (χ2n) is 4.32. The summed E-state index contributed by atoms with van der Waals surface area (Å²) in [6.07, 6.45) is -4.39. The molecule has 0 radical (unpaired) electrons. The molecule has 0 heterocycles. The number of rotatable bonds is 6. The SMILES string of the molecule is CNCC(=O)NCc1ccc(C)cc1OCC(F)(F)F.Cl. The fourth-order valence-electron chi connectivity index (χ4n) is 1.52. The van der Waals surface area contributed by atoms with Crippen LogP contribution in [0.25, 0.3) is 0 Å². The Hall–Kier alpha value is -1.47. The van der Waals surface area contributed by atoms with Crippen LogP contribution in [0, 0.1) is 6.92 Å². The number of carbonyl (C=O) groups is 1. The van der Waals surface area contributed by atoms with E-state index in [1.165, 1.54) is 6.07 Å². The van der Waals surface area contributed by atoms with Crippen LogP contribution >= 0.6 is 12.4 Å². The van der Waals surface area contributed by atoms with E-state index < -0.39 is 12.8 Å². The molecule has 0 saturated heterocycles. The maximum atomic E-state index is 12.2. The predicted octanol–water partition coefficient (Wildman–Crippen LogP) is 2.19. The van der Waals surface area contributed by atoms with Crippen LogP contribution in [0.2, 0.25) is 0 Å². The Bertz CT molecular complexity index is 467. The van der Waals surface area contributed by atoms with Crippen molar-refractivity contribution >= 4 is 18.3 Å². The lowest BCUT2D eigenvalue weighted by atomic mass is 10.1. The molecule has 4 nitrogen and oxygen atoms in total. The summed E-state index contributed by atoms with van der Waals surface area (Å²) in [6.45, 7) is 0.663. The van der Waals surface area contributed by atoms with Crippen molar-refractivity contribution in [1.82, 2.24) is 10.6 Å². The average Bonchev–Trinajstić information content (AvgIpc) is 2.34. The fourth-order valence-corrected chi connectivity index (χ4v) is 1.52. The number of hydrogen-bond acceptors (Lipinski definition) is 3. The summed E-state index contributed by atoms with van der Waals surface area (Å²) in [5.74, 6) is -0.109. The highest BCUT2D eigenvalue weighted by Gasteiger charge is 2.28. The topological polar surface area (TPSA) is 50.4 Å². The Kier molecular flexibility index (Phi) is 8.12. The molecule has 0 aliphatic rings. The molecule has 0 aromatic heterocycles. The number of hydrogen-bond donors (Lipinski definition) is 2. The maximum Gasteiger partial charge on any atom is 0.422 e. The van der Waals surface area contributed by atoms with E-state index in [0.29, 0.717) is 5.56 Å². The zero-order valence-corrected chi connectivity index (χ0v) is 12.5. The van der Waals surface area contributed by atoms with Gasteiger partial charge in [-0.3, -0.25) is 4.79 Å². The van der Waals surface area contributed by atoms with Crippen LogP contribution in [0.5, 0.6) is 5.75 Å². The van der Waals surface area contributed by atoms with Crippen molar-refractivity contribution < 1.29 is 22.7 Å². The Labute approximate surface area is 127 Å². The van der Waals surface area contributed by atoms with Crippen LogP contribution in [0.15, 0.2) is 18.2 Å². The van der Waals surface area contributed by atoms with E-state index in [4.69, 9.17) is 4.74 Å². The molecule has 1 rings (SSSR count). The van der Waals surface area contributed by atoms with E-state index in [9.17, 15) is 18.0 Å². The second-order valence-corrected chi connectivity index (χ2v) is 4.32. The molecule has 0 saturated carbocycles. The van der Waals surface area contributed by atoms with Crippen molar-refractivity contribution in [2.45, 2.75) is 19.6 Å². The Balaban J connectivity index is 0.00000400. The first-order valence-corrected chi connectivity index (χ1v) is 6.02. The molecule has 120 valence electrons. The molecule has 0 aliphatic carbocycles. The van der Waals surface area contributed by atoms with Crippen molar-refractivity contribution in [3.63, 3.8) is 0 Å². The molecular formula is C13H18ClF3N2O2. The minimum absolute atomic E-state index is 0. The van der Waals surface area contributed by atoms with Gasteiger partial charge in [0.05, 0.1) is 6.54 Å². The number of halogens is 4. The minimum Gasteiger partial charge on any atom is -0.484 e. The van der Waals surface area contributed by atoms with Crippen LogP contribution in [0.1, 0.15) is 11.1 Å². The lowest BCUT2D eigenvalue weighted by Crippen LogP contribution is -2.31. The fraction of sp³-hybridized carbons (Fsp3) is 0.462. The Morgan fingerprint density at radius 2 is 2.00 bits per heavy atom. The van der Waals surface area contributed by atoms with Gasteiger partial charge in [-0.05, 0) is 25.6 Å². The smallest absolute Gasteiger partial charge is 0.422 e. The van der Waals surface area contributed by atoms with Crippen LogP contribution in [0.4, 0.5) is 13.2 Å². The third kappa shape index (κ3) is 7.77. The number of likely N-dealkylation sites (N-methyl/N-ethyl adjacent to an activating group) is 1. The molecule has 0 spiro atoms. The quantitative estimate of drug-likeness (QED) is 0.842. The molecule has 0 atom stereocenters. The summed E-state index contributed by atoms with van der Waals surface area (Å²) in [4.78, 5) is 11.3. The summed E-state index contributed by atoms with van der Waals surface area (Å²) in [5, 5.41) is 5.27. The van der Waals surface area contributed by atoms with Gasteiger partial charge >= 0.3 is 6.18 Å². The van der Waals surface area contributed by atoms with Gasteiger partial charge in [0, 0.05) is 12.1 Å². The highest BCUT2D eigenvalue weighted by atomic mass is 35.5. The van der Waals surface area contributed by atoms with Gasteiger partial charge in [-0.2, -0.15) is 13.2 Å². The third-order valence-corrected chi connectivity index (χ3v) is 2.43. The summed E-state index contributed by atoms with van der Waals surface area (Å²) in [7, 11) is 1.63. The number of aryl methyl sites for hydroxylation is 1. The molecule has 8 heteroatoms. The molecule has 1 aromatic carbocycles. The number of amides is 1. The van der Waals surface area contributed by atoms with Crippen molar-refractivity contribution in [2.75, 3.05) is 20.2 Å². The summed E-state index contributed by atoms with van der Waals surface area (Å²) < 4.78 is 41.3. The Morgan fingerprint density at radius 1 is 1.33 bits per heavy atom. The highest BCUT2D eigenvalue weighted by molar-refractivity contribution is 5.85. The molecule has 1 amide bonds. The molecule has 21 heavy (non-hydrogen) atoms. The first kappa shape index (κ1) is 19.5. The van der Waals surface area contributed by atoms with E-state index >= 15 is 0 Å². The lowest BCUT2D eigenvalue weighted by Gasteiger charge is -2.14. The molecular weight excluding hydrogens is 309 g/mol. The number of alkyl halides is 3. The highest BCUT2D eigenvalue weighted by Crippen LogP contribution is 2.23. The lowest BCUT2D eigenvalue weighted by molar-refractivity contribution is -0.153. The summed E-state index contributed by atoms with van der Waals surface area (Å²) >= 11 is 0. The molecule has 2 N–H and O–H groups in total. The monoisotopic (exact) mass is 326 g/mol. The number of ether oxygens (including phenoxy) is 1. The van der Waals surface area contributed by atoms with Gasteiger partial charge in [0.2, 0.25) is 5.91 Å². The molecule has 1 aromatic rings. The van der Waals surface area contributed by atoms with Crippen molar-refractivity contribution in [3.05, 3.63) is 29.3 Å². The molecule has 0 unspecified atom stereocenters. The normalized spacial score (nSPS) is 10.7. The van der Waals surface area contributed by atoms with Crippen molar-refractivity contribution in [3.8, 4) is 5.75 Å². The van der Waals surface area contributed by atoms with Crippen LogP contribution < -0.4 is 15.4 Å². The Morgan fingerprint density at radius 3 is 2.57 bits per heavy atom. The van der Waals surface area contributed by atoms with Crippen LogP contribution in [-0.2, 0) is 11.3 Å². The van der Waals surface area contributed by atoms with Gasteiger partial charge in [-0.25, -0.2) is 0 Å². The minimum atomic E-state index is -4.39. The van der Waals surface area contributed by atoms with Gasteiger partial charge in [0.15, 0.2) is 6.61 Å². The zero-order valence-electron chi connectivity index (χ0n) is 11.7. The second kappa shape index (κ2) is 8.74. The van der Waals surface area contributed by atoms with Crippen LogP contribution in [-0.4, -0.2) is 32.3 Å². The largest absolute Gasteiger partial charge is 0.484 e. The van der Waals surface area contributed by atoms with Gasteiger partial charge < -0.3 is 15.4 Å². The van der Waals surface area contributed by atoms with Gasteiger partial charge in [-0.1, -0.05) is 12.1 Å². The number of benzene rings is 1. The first-order valence-electron chi connectivity index (χ1n) is 6.02. The number of carbonyl (C=O) groups excluding carboxylic acids is 1. The number of nitrogens with one attached hydrogen (secondary N) is 2. The van der Waals surface area contributed by atoms with E-state index in [0.717, 1.165) is 5.56 Å². The average molecular weight is 327 g/mol. The molecule has 0 aliphatic heterocycles. The van der Waals surface area contributed by atoms with Crippen molar-refractivity contribution in [1.29, 1.82) is 0 Å². The third-order valence-electron chi connectivity index (χ3n) is 2.43. The summed E-state index contributed by atoms with van der Waals surface area (Å²) in [5.41, 5.74) is 1.29. The van der Waals surface area contributed by atoms with E-state index in [1.807, 2.05) is 0 Å². The van der Waals surface area contributed by atoms with Crippen LogP contribution in [0.3, 0.4) is 0 Å². The first-order chi connectivity index (χ1) is 9.31. The van der Waals surface area contributed by atoms with E-state index in [-0.39, 0.29) is 37.2 Å². The zero-order chi connectivity index (χ0) is 15.2. The maximum absolute atomic E-state index is 12.2. The van der Waals surface area contributed by atoms with E-state index in [2.05, 4.69) is 10.6 Å². The van der Waals surface area contributed by atoms with Gasteiger partial charge in [0.1, 0.15) is 5.75 Å². The molecule has 0 bridgehead atoms. The van der Waals surface area contributed by atoms with Gasteiger partial charge in [-0.15, -0.1) is 12.4 Å². The van der Waals surface area contributed by atoms with Gasteiger partial charge in [0.25, 0.3) is 0 Å². The summed E-state index contributed by atoms with van der Waals surface area (Å²) in [6, 6.07) is 4.91. The standard InChI is InChI=1S/C13H17F3N2O2.ClH/c1-9-3-4-10(6-18-12(19)7-17-2)11(5-9)20-8-13(14,15)16;/h3-5,17H,6-8H2,1-2H3,(H,18,19);1H. The predicted molar refractivity (Wildman–Crippen MR) is 75.8 cm³/mol.